The van der Waals surface area contributed by atoms with Gasteiger partial charge in [-0.1, -0.05) is 41.9 Å². The highest BCUT2D eigenvalue weighted by atomic mass is 35.5. The van der Waals surface area contributed by atoms with Gasteiger partial charge in [-0.3, -0.25) is 19.1 Å². The van der Waals surface area contributed by atoms with Gasteiger partial charge in [-0.25, -0.2) is 4.79 Å². The maximum Gasteiger partial charge on any atom is 0.347 e. The Balaban J connectivity index is 1.62. The van der Waals surface area contributed by atoms with E-state index in [1.165, 1.54) is 5.56 Å². The molecule has 9 heteroatoms. The predicted octanol–water partition coefficient (Wildman–Crippen LogP) is 4.19. The summed E-state index contributed by atoms with van der Waals surface area (Å²) in [4.78, 5) is 48.7. The Morgan fingerprint density at radius 1 is 0.974 bits per heavy atom. The van der Waals surface area contributed by atoms with Crippen LogP contribution in [0.4, 0.5) is 5.69 Å². The fourth-order valence-corrected chi connectivity index (χ4v) is 5.32. The Hall–Kier alpha value is -3.49. The molecule has 0 fully saturated rings. The summed E-state index contributed by atoms with van der Waals surface area (Å²) in [7, 11) is 0. The zero-order valence-corrected chi connectivity index (χ0v) is 23.7. The zero-order chi connectivity index (χ0) is 27.9. The summed E-state index contributed by atoms with van der Waals surface area (Å²) < 4.78 is 1.54. The molecule has 0 radical (unpaired) electrons. The molecule has 0 bridgehead atoms. The number of rotatable bonds is 5. The molecule has 2 aromatic carbocycles. The number of halogens is 1. The SMILES string of the molecule is CC(=O)N1CCCN(Cc2ccccc2)CCN(C(=O)CCn2c(C)cc(C)nc2=O)Cc2cc(Cl)ccc21. The lowest BCUT2D eigenvalue weighted by Gasteiger charge is -2.28. The lowest BCUT2D eigenvalue weighted by atomic mass is 10.1. The monoisotopic (exact) mass is 549 g/mol. The molecule has 1 aromatic heterocycles. The summed E-state index contributed by atoms with van der Waals surface area (Å²) in [6.45, 7) is 9.08. The van der Waals surface area contributed by atoms with Gasteiger partial charge in [-0.15, -0.1) is 0 Å². The normalized spacial score (nSPS) is 15.0. The number of hydrogen-bond acceptors (Lipinski definition) is 5. The number of benzene rings is 2. The molecule has 0 spiro atoms. The lowest BCUT2D eigenvalue weighted by molar-refractivity contribution is -0.132. The van der Waals surface area contributed by atoms with Gasteiger partial charge in [0, 0.05) is 81.3 Å². The van der Waals surface area contributed by atoms with E-state index in [4.69, 9.17) is 11.6 Å². The first-order valence-electron chi connectivity index (χ1n) is 13.4. The molecule has 39 heavy (non-hydrogen) atoms. The highest BCUT2D eigenvalue weighted by Gasteiger charge is 2.23. The standard InChI is InChI=1S/C30H36ClN5O3/c1-22-18-23(2)35(30(39)32-22)15-12-29(38)34-17-16-33(20-25-8-5-4-6-9-25)13-7-14-36(24(3)37)28-11-10-27(31)19-26(28)21-34/h4-6,8-11,18-19H,7,12-17,20-21H2,1-3H3. The van der Waals surface area contributed by atoms with E-state index in [0.29, 0.717) is 36.9 Å². The zero-order valence-electron chi connectivity index (χ0n) is 22.9. The molecule has 0 saturated carbocycles. The van der Waals surface area contributed by atoms with Gasteiger partial charge in [0.15, 0.2) is 0 Å². The molecular weight excluding hydrogens is 514 g/mol. The van der Waals surface area contributed by atoms with Gasteiger partial charge >= 0.3 is 5.69 Å². The number of fused-ring (bicyclic) bond motifs is 1. The molecule has 2 amide bonds. The smallest absolute Gasteiger partial charge is 0.337 e. The van der Waals surface area contributed by atoms with Crippen molar-refractivity contribution in [3.05, 3.63) is 92.6 Å². The van der Waals surface area contributed by atoms with Crippen LogP contribution in [0.25, 0.3) is 0 Å². The third-order valence-electron chi connectivity index (χ3n) is 7.11. The van der Waals surface area contributed by atoms with Crippen molar-refractivity contribution in [2.24, 2.45) is 0 Å². The summed E-state index contributed by atoms with van der Waals surface area (Å²) in [6.07, 6.45) is 0.960. The van der Waals surface area contributed by atoms with Gasteiger partial charge < -0.3 is 9.80 Å². The van der Waals surface area contributed by atoms with Gasteiger partial charge in [0.05, 0.1) is 0 Å². The molecule has 1 aliphatic rings. The third kappa shape index (κ3) is 7.55. The molecule has 3 aromatic rings. The first-order valence-corrected chi connectivity index (χ1v) is 13.7. The number of anilines is 1. The van der Waals surface area contributed by atoms with E-state index in [2.05, 4.69) is 22.0 Å². The minimum Gasteiger partial charge on any atom is -0.337 e. The van der Waals surface area contributed by atoms with Crippen LogP contribution in [-0.2, 0) is 29.2 Å². The van der Waals surface area contributed by atoms with E-state index in [1.807, 2.05) is 48.2 Å². The minimum absolute atomic E-state index is 0.0490. The second-order valence-corrected chi connectivity index (χ2v) is 10.5. The lowest BCUT2D eigenvalue weighted by Crippen LogP contribution is -2.39. The molecule has 0 unspecified atom stereocenters. The Morgan fingerprint density at radius 2 is 1.74 bits per heavy atom. The number of carbonyl (C=O) groups is 2. The van der Waals surface area contributed by atoms with Crippen LogP contribution in [0.15, 0.2) is 59.4 Å². The molecular formula is C30H36ClN5O3. The maximum absolute atomic E-state index is 13.6. The Labute approximate surface area is 234 Å². The Bertz CT molecular complexity index is 1370. The number of nitrogens with zero attached hydrogens (tertiary/aromatic N) is 5. The van der Waals surface area contributed by atoms with Crippen LogP contribution in [0.2, 0.25) is 5.02 Å². The first kappa shape index (κ1) is 28.5. The fourth-order valence-electron chi connectivity index (χ4n) is 5.13. The molecule has 0 saturated heterocycles. The van der Waals surface area contributed by atoms with E-state index in [9.17, 15) is 14.4 Å². The number of aromatic nitrogens is 2. The number of carbonyl (C=O) groups excluding carboxylic acids is 2. The topological polar surface area (TPSA) is 78.8 Å². The highest BCUT2D eigenvalue weighted by molar-refractivity contribution is 6.30. The fraction of sp³-hybridized carbons (Fsp3) is 0.400. The van der Waals surface area contributed by atoms with Gasteiger partial charge in [-0.05, 0) is 55.7 Å². The molecule has 2 heterocycles. The van der Waals surface area contributed by atoms with E-state index in [0.717, 1.165) is 36.5 Å². The van der Waals surface area contributed by atoms with Crippen molar-refractivity contribution in [1.82, 2.24) is 19.4 Å². The second kappa shape index (κ2) is 13.0. The second-order valence-electron chi connectivity index (χ2n) is 10.1. The first-order chi connectivity index (χ1) is 18.7. The molecule has 4 rings (SSSR count). The largest absolute Gasteiger partial charge is 0.347 e. The van der Waals surface area contributed by atoms with E-state index in [1.54, 1.807) is 29.4 Å². The van der Waals surface area contributed by atoms with Crippen molar-refractivity contribution in [3.8, 4) is 0 Å². The van der Waals surface area contributed by atoms with Gasteiger partial charge in [0.25, 0.3) is 0 Å². The molecule has 206 valence electrons. The van der Waals surface area contributed by atoms with Gasteiger partial charge in [0.1, 0.15) is 0 Å². The Kier molecular flexibility index (Phi) is 9.54. The number of amides is 2. The van der Waals surface area contributed by atoms with E-state index in [-0.39, 0.29) is 30.5 Å². The summed E-state index contributed by atoms with van der Waals surface area (Å²) >= 11 is 6.37. The van der Waals surface area contributed by atoms with Crippen molar-refractivity contribution in [1.29, 1.82) is 0 Å². The number of hydrogen-bond donors (Lipinski definition) is 0. The van der Waals surface area contributed by atoms with Crippen LogP contribution >= 0.6 is 11.6 Å². The summed E-state index contributed by atoms with van der Waals surface area (Å²) in [5.41, 5.74) is 3.89. The molecule has 0 aliphatic carbocycles. The van der Waals surface area contributed by atoms with Crippen LogP contribution in [0.1, 0.15) is 42.3 Å². The molecule has 1 aliphatic heterocycles. The number of aryl methyl sites for hydroxylation is 2. The average Bonchev–Trinajstić information content (AvgIpc) is 2.91. The van der Waals surface area contributed by atoms with Crippen molar-refractivity contribution in [3.63, 3.8) is 0 Å². The van der Waals surface area contributed by atoms with Crippen molar-refractivity contribution in [2.45, 2.75) is 53.2 Å². The quantitative estimate of drug-likeness (QED) is 0.477. The minimum atomic E-state index is -0.346. The maximum atomic E-state index is 13.6. The highest BCUT2D eigenvalue weighted by Crippen LogP contribution is 2.27. The summed E-state index contributed by atoms with van der Waals surface area (Å²) in [6, 6.07) is 17.6. The van der Waals surface area contributed by atoms with Gasteiger partial charge in [-0.2, -0.15) is 4.98 Å². The van der Waals surface area contributed by atoms with Crippen LogP contribution in [0.3, 0.4) is 0 Å². The summed E-state index contributed by atoms with van der Waals surface area (Å²) in [5, 5.41) is 0.554. The van der Waals surface area contributed by atoms with Crippen molar-refractivity contribution >= 4 is 29.1 Å². The van der Waals surface area contributed by atoms with Crippen LogP contribution in [0, 0.1) is 13.8 Å². The van der Waals surface area contributed by atoms with E-state index < -0.39 is 0 Å². The van der Waals surface area contributed by atoms with Crippen LogP contribution in [0.5, 0.6) is 0 Å². The predicted molar refractivity (Wildman–Crippen MR) is 154 cm³/mol. The third-order valence-corrected chi connectivity index (χ3v) is 7.35. The molecule has 8 nitrogen and oxygen atoms in total. The summed E-state index contributed by atoms with van der Waals surface area (Å²) in [5.74, 6) is -0.117. The van der Waals surface area contributed by atoms with Crippen molar-refractivity contribution in [2.75, 3.05) is 31.1 Å². The molecule has 0 atom stereocenters. The van der Waals surface area contributed by atoms with Crippen LogP contribution < -0.4 is 10.6 Å². The van der Waals surface area contributed by atoms with E-state index >= 15 is 0 Å². The average molecular weight is 550 g/mol. The molecule has 0 N–H and O–H groups in total. The Morgan fingerprint density at radius 3 is 2.46 bits per heavy atom. The van der Waals surface area contributed by atoms with Crippen LogP contribution in [-0.4, -0.2) is 57.3 Å². The van der Waals surface area contributed by atoms with Gasteiger partial charge in [0.2, 0.25) is 11.8 Å². The van der Waals surface area contributed by atoms with Crippen molar-refractivity contribution < 1.29 is 9.59 Å².